The maximum atomic E-state index is 13.4. The van der Waals surface area contributed by atoms with Crippen molar-refractivity contribution in [2.24, 2.45) is 5.92 Å². The lowest BCUT2D eigenvalue weighted by Gasteiger charge is -2.31. The van der Waals surface area contributed by atoms with Crippen LogP contribution in [0.1, 0.15) is 89.9 Å². The number of esters is 1. The number of alkyl halides is 3. The van der Waals surface area contributed by atoms with Crippen molar-refractivity contribution in [3.05, 3.63) is 82.9 Å². The standard InChI is InChI=1S/C33H34F3N5O3/c1-44-32(43)30-38-28(37-18-17-20-7-5-8-20)27-29(39-30)40-31(41(27)19-21-13-15-23(16-14-21)33(34,35)36)24-11-6-12-25(42)26(24)22-9-3-2-4-10-22/h2-4,9-10,13-16,20,24,26H,5-8,11-12,17-19H2,1H3,(H,37,38,39). The van der Waals surface area contributed by atoms with Crippen LogP contribution in [0, 0.1) is 5.92 Å². The van der Waals surface area contributed by atoms with E-state index in [9.17, 15) is 22.8 Å². The van der Waals surface area contributed by atoms with Crippen molar-refractivity contribution in [3.8, 4) is 0 Å². The van der Waals surface area contributed by atoms with Crippen molar-refractivity contribution < 1.29 is 27.5 Å². The van der Waals surface area contributed by atoms with E-state index in [4.69, 9.17) is 9.72 Å². The molecule has 0 saturated heterocycles. The Morgan fingerprint density at radius 2 is 1.75 bits per heavy atom. The van der Waals surface area contributed by atoms with Crippen LogP contribution in [0.3, 0.4) is 0 Å². The third kappa shape index (κ3) is 6.05. The summed E-state index contributed by atoms with van der Waals surface area (Å²) in [5.41, 5.74) is 1.57. The molecule has 44 heavy (non-hydrogen) atoms. The fourth-order valence-electron chi connectivity index (χ4n) is 6.36. The zero-order chi connectivity index (χ0) is 30.8. The summed E-state index contributed by atoms with van der Waals surface area (Å²) in [6.07, 6.45) is 1.89. The highest BCUT2D eigenvalue weighted by Gasteiger charge is 2.38. The molecule has 2 unspecified atom stereocenters. The number of halogens is 3. The number of carbonyl (C=O) groups excluding carboxylic acids is 2. The molecule has 2 aromatic heterocycles. The Bertz CT molecular complexity index is 1650. The maximum Gasteiger partial charge on any atom is 0.416 e. The molecule has 0 bridgehead atoms. The number of ether oxygens (including phenoxy) is 1. The van der Waals surface area contributed by atoms with E-state index in [0.29, 0.717) is 54.4 Å². The minimum absolute atomic E-state index is 0.112. The van der Waals surface area contributed by atoms with E-state index < -0.39 is 23.6 Å². The van der Waals surface area contributed by atoms with E-state index in [0.717, 1.165) is 24.1 Å². The van der Waals surface area contributed by atoms with Crippen LogP contribution < -0.4 is 5.32 Å². The number of hydrogen-bond donors (Lipinski definition) is 1. The Morgan fingerprint density at radius 3 is 2.41 bits per heavy atom. The van der Waals surface area contributed by atoms with Crippen LogP contribution in [0.15, 0.2) is 54.6 Å². The number of fused-ring (bicyclic) bond motifs is 1. The number of nitrogens with one attached hydrogen (secondary N) is 1. The first kappa shape index (κ1) is 29.8. The molecule has 0 radical (unpaired) electrons. The number of imidazole rings is 1. The first-order valence-electron chi connectivity index (χ1n) is 15.1. The quantitative estimate of drug-likeness (QED) is 0.207. The first-order chi connectivity index (χ1) is 21.2. The highest BCUT2D eigenvalue weighted by Crippen LogP contribution is 2.43. The van der Waals surface area contributed by atoms with E-state index in [-0.39, 0.29) is 29.7 Å². The number of ketones is 1. The van der Waals surface area contributed by atoms with Crippen LogP contribution in [-0.4, -0.2) is 44.9 Å². The summed E-state index contributed by atoms with van der Waals surface area (Å²) in [4.78, 5) is 40.0. The summed E-state index contributed by atoms with van der Waals surface area (Å²) in [7, 11) is 1.26. The number of hydrogen-bond acceptors (Lipinski definition) is 7. The summed E-state index contributed by atoms with van der Waals surface area (Å²) in [6, 6.07) is 14.6. The molecule has 4 aromatic rings. The van der Waals surface area contributed by atoms with Gasteiger partial charge >= 0.3 is 12.1 Å². The Balaban J connectivity index is 1.50. The van der Waals surface area contributed by atoms with Gasteiger partial charge in [0.1, 0.15) is 17.1 Å². The Hall–Kier alpha value is -4.28. The predicted molar refractivity (Wildman–Crippen MR) is 158 cm³/mol. The van der Waals surface area contributed by atoms with Crippen molar-refractivity contribution in [1.29, 1.82) is 0 Å². The van der Waals surface area contributed by atoms with Gasteiger partial charge in [0.15, 0.2) is 11.5 Å². The van der Waals surface area contributed by atoms with Gasteiger partial charge in [0, 0.05) is 25.4 Å². The van der Waals surface area contributed by atoms with Crippen molar-refractivity contribution in [2.75, 3.05) is 19.0 Å². The smallest absolute Gasteiger partial charge is 0.416 e. The van der Waals surface area contributed by atoms with E-state index >= 15 is 0 Å². The highest BCUT2D eigenvalue weighted by molar-refractivity contribution is 5.92. The van der Waals surface area contributed by atoms with Crippen molar-refractivity contribution in [1.82, 2.24) is 19.5 Å². The second-order valence-electron chi connectivity index (χ2n) is 11.7. The number of rotatable bonds is 9. The van der Waals surface area contributed by atoms with Gasteiger partial charge in [-0.15, -0.1) is 0 Å². The molecule has 2 aliphatic rings. The Kier molecular flexibility index (Phi) is 8.38. The van der Waals surface area contributed by atoms with Crippen LogP contribution in [0.25, 0.3) is 11.2 Å². The number of benzene rings is 2. The molecule has 6 rings (SSSR count). The summed E-state index contributed by atoms with van der Waals surface area (Å²) >= 11 is 0. The fourth-order valence-corrected chi connectivity index (χ4v) is 6.36. The van der Waals surface area contributed by atoms with E-state index in [1.54, 1.807) is 0 Å². The number of methoxy groups -OCH3 is 1. The molecule has 230 valence electrons. The second-order valence-corrected chi connectivity index (χ2v) is 11.7. The Labute approximate surface area is 253 Å². The molecule has 2 fully saturated rings. The maximum absolute atomic E-state index is 13.4. The van der Waals surface area contributed by atoms with Crippen LogP contribution in [0.2, 0.25) is 0 Å². The van der Waals surface area contributed by atoms with Crippen LogP contribution in [0.5, 0.6) is 0 Å². The molecule has 2 aliphatic carbocycles. The third-order valence-electron chi connectivity index (χ3n) is 8.87. The number of anilines is 1. The molecular weight excluding hydrogens is 571 g/mol. The predicted octanol–water partition coefficient (Wildman–Crippen LogP) is 6.90. The SMILES string of the molecule is COC(=O)c1nc(NCCC2CCC2)c2c(n1)nc(C1CCCC(=O)C1c1ccccc1)n2Cc1ccc(C(F)(F)F)cc1. The number of nitrogens with zero attached hydrogens (tertiary/aromatic N) is 4. The lowest BCUT2D eigenvalue weighted by molar-refractivity contribution is -0.137. The molecule has 2 aromatic carbocycles. The summed E-state index contributed by atoms with van der Waals surface area (Å²) < 4.78 is 46.8. The molecule has 0 aliphatic heterocycles. The minimum atomic E-state index is -4.45. The van der Waals surface area contributed by atoms with Gasteiger partial charge in [-0.1, -0.05) is 61.7 Å². The topological polar surface area (TPSA) is 99.0 Å². The molecule has 1 N–H and O–H groups in total. The van der Waals surface area contributed by atoms with Gasteiger partial charge < -0.3 is 14.6 Å². The lowest BCUT2D eigenvalue weighted by atomic mass is 9.74. The monoisotopic (exact) mass is 605 g/mol. The molecule has 0 spiro atoms. The zero-order valence-electron chi connectivity index (χ0n) is 24.4. The fraction of sp³-hybridized carbons (Fsp3) is 0.424. The third-order valence-corrected chi connectivity index (χ3v) is 8.87. The zero-order valence-corrected chi connectivity index (χ0v) is 24.4. The number of Topliss-reactive ketones (excluding diaryl/α,β-unsaturated/α-hetero) is 1. The van der Waals surface area contributed by atoms with E-state index in [2.05, 4.69) is 15.3 Å². The van der Waals surface area contributed by atoms with Gasteiger partial charge in [-0.3, -0.25) is 4.79 Å². The summed E-state index contributed by atoms with van der Waals surface area (Å²) in [6.45, 7) is 0.793. The average molecular weight is 606 g/mol. The minimum Gasteiger partial charge on any atom is -0.463 e. The van der Waals surface area contributed by atoms with Crippen molar-refractivity contribution >= 4 is 28.7 Å². The summed E-state index contributed by atoms with van der Waals surface area (Å²) in [5, 5.41) is 3.39. The van der Waals surface area contributed by atoms with E-state index in [1.165, 1.54) is 38.5 Å². The van der Waals surface area contributed by atoms with Gasteiger partial charge in [-0.2, -0.15) is 13.2 Å². The summed E-state index contributed by atoms with van der Waals surface area (Å²) in [5.74, 6) is 0.119. The molecule has 2 heterocycles. The van der Waals surface area contributed by atoms with E-state index in [1.807, 2.05) is 34.9 Å². The second kappa shape index (κ2) is 12.4. The molecule has 0 amide bonds. The van der Waals surface area contributed by atoms with Crippen LogP contribution in [0.4, 0.5) is 19.0 Å². The van der Waals surface area contributed by atoms with Gasteiger partial charge in [-0.25, -0.2) is 19.7 Å². The van der Waals surface area contributed by atoms with Gasteiger partial charge in [-0.05, 0) is 48.4 Å². The first-order valence-corrected chi connectivity index (χ1v) is 15.1. The average Bonchev–Trinajstić information content (AvgIpc) is 3.36. The molecule has 11 heteroatoms. The molecule has 2 atom stereocenters. The lowest BCUT2D eigenvalue weighted by Crippen LogP contribution is -2.27. The van der Waals surface area contributed by atoms with Gasteiger partial charge in [0.05, 0.1) is 18.6 Å². The van der Waals surface area contributed by atoms with Crippen molar-refractivity contribution in [3.63, 3.8) is 0 Å². The number of carbonyl (C=O) groups is 2. The van der Waals surface area contributed by atoms with Crippen LogP contribution in [-0.2, 0) is 22.3 Å². The highest BCUT2D eigenvalue weighted by atomic mass is 19.4. The molecule has 8 nitrogen and oxygen atoms in total. The van der Waals surface area contributed by atoms with Crippen molar-refractivity contribution in [2.45, 2.75) is 69.5 Å². The van der Waals surface area contributed by atoms with Gasteiger partial charge in [0.2, 0.25) is 5.82 Å². The molecular formula is C33H34F3N5O3. The van der Waals surface area contributed by atoms with Gasteiger partial charge in [0.25, 0.3) is 0 Å². The van der Waals surface area contributed by atoms with Crippen LogP contribution >= 0.6 is 0 Å². The molecule has 2 saturated carbocycles. The largest absolute Gasteiger partial charge is 0.463 e. The normalized spacial score (nSPS) is 19.1. The number of aromatic nitrogens is 4. The Morgan fingerprint density at radius 1 is 1.00 bits per heavy atom.